The lowest BCUT2D eigenvalue weighted by molar-refractivity contribution is 0.524. The Kier molecular flexibility index (Phi) is 4.96. The molecule has 0 saturated carbocycles. The number of H-pyrrole nitrogens is 1. The van der Waals surface area contributed by atoms with Crippen LogP contribution in [0.3, 0.4) is 0 Å². The maximum absolute atomic E-state index is 8.95. The van der Waals surface area contributed by atoms with Gasteiger partial charge in [0.1, 0.15) is 17.5 Å². The van der Waals surface area contributed by atoms with Crippen molar-refractivity contribution in [3.63, 3.8) is 0 Å². The number of halogens is 1. The van der Waals surface area contributed by atoms with E-state index in [0.29, 0.717) is 16.6 Å². The molecule has 31 heavy (non-hydrogen) atoms. The van der Waals surface area contributed by atoms with E-state index in [1.807, 2.05) is 31.6 Å². The number of hydrogen-bond donors (Lipinski definition) is 2. The number of nitrogens with zero attached hydrogens (tertiary/aromatic N) is 6. The minimum atomic E-state index is 0.300. The molecule has 2 N–H and O–H groups in total. The quantitative estimate of drug-likeness (QED) is 0.506. The summed E-state index contributed by atoms with van der Waals surface area (Å²) in [6.07, 6.45) is 9.02. The van der Waals surface area contributed by atoms with Crippen LogP contribution in [0.15, 0.2) is 43.0 Å². The van der Waals surface area contributed by atoms with Crippen LogP contribution in [-0.2, 0) is 7.05 Å². The molecule has 0 radical (unpaired) electrons. The fraction of sp³-hybridized carbons (Fsp3) is 0.273. The van der Waals surface area contributed by atoms with Gasteiger partial charge < -0.3 is 15.2 Å². The van der Waals surface area contributed by atoms with Crippen LogP contribution in [-0.4, -0.2) is 43.9 Å². The molecule has 0 atom stereocenters. The third kappa shape index (κ3) is 3.80. The Labute approximate surface area is 184 Å². The van der Waals surface area contributed by atoms with Crippen molar-refractivity contribution in [3.05, 3.63) is 53.6 Å². The highest BCUT2D eigenvalue weighted by Gasteiger charge is 2.22. The molecule has 0 aliphatic carbocycles. The van der Waals surface area contributed by atoms with Gasteiger partial charge in [0, 0.05) is 49.5 Å². The van der Waals surface area contributed by atoms with Crippen LogP contribution < -0.4 is 10.2 Å². The molecule has 0 amide bonds. The highest BCUT2D eigenvalue weighted by molar-refractivity contribution is 6.34. The van der Waals surface area contributed by atoms with Crippen LogP contribution in [0, 0.1) is 11.3 Å². The zero-order valence-corrected chi connectivity index (χ0v) is 17.8. The zero-order valence-electron chi connectivity index (χ0n) is 17.0. The van der Waals surface area contributed by atoms with Gasteiger partial charge in [0.05, 0.1) is 34.4 Å². The molecular weight excluding hydrogens is 412 g/mol. The molecule has 5 heterocycles. The van der Waals surface area contributed by atoms with E-state index in [2.05, 4.69) is 42.4 Å². The highest BCUT2D eigenvalue weighted by atomic mass is 35.5. The predicted molar refractivity (Wildman–Crippen MR) is 121 cm³/mol. The number of aryl methyl sites for hydroxylation is 1. The summed E-state index contributed by atoms with van der Waals surface area (Å²) >= 11 is 6.53. The number of pyridine rings is 2. The van der Waals surface area contributed by atoms with E-state index in [-0.39, 0.29) is 0 Å². The van der Waals surface area contributed by atoms with Crippen LogP contribution in [0.2, 0.25) is 5.02 Å². The molecule has 5 rings (SSSR count). The molecule has 8 nitrogen and oxygen atoms in total. The second-order valence-corrected chi connectivity index (χ2v) is 8.16. The van der Waals surface area contributed by atoms with Gasteiger partial charge in [0.2, 0.25) is 0 Å². The number of aromatic amines is 1. The summed E-state index contributed by atoms with van der Waals surface area (Å²) in [5.74, 6) is 0.911. The average Bonchev–Trinajstić information content (AvgIpc) is 3.43. The summed E-state index contributed by atoms with van der Waals surface area (Å²) in [6.45, 7) is 1.77. The van der Waals surface area contributed by atoms with Crippen molar-refractivity contribution in [2.45, 2.75) is 18.9 Å². The Morgan fingerprint density at radius 1 is 1.19 bits per heavy atom. The summed E-state index contributed by atoms with van der Waals surface area (Å²) < 4.78 is 1.77. The van der Waals surface area contributed by atoms with E-state index in [0.717, 1.165) is 59.7 Å². The number of anilines is 2. The first kappa shape index (κ1) is 19.4. The second-order valence-electron chi connectivity index (χ2n) is 7.75. The molecule has 4 aromatic rings. The van der Waals surface area contributed by atoms with Gasteiger partial charge in [-0.3, -0.25) is 4.68 Å². The van der Waals surface area contributed by atoms with Crippen LogP contribution in [0.5, 0.6) is 0 Å². The zero-order chi connectivity index (χ0) is 21.4. The van der Waals surface area contributed by atoms with Gasteiger partial charge in [0.15, 0.2) is 0 Å². The first-order chi connectivity index (χ1) is 15.1. The molecule has 9 heteroatoms. The number of fused-ring (bicyclic) bond motifs is 1. The van der Waals surface area contributed by atoms with Gasteiger partial charge in [0.25, 0.3) is 0 Å². The van der Waals surface area contributed by atoms with E-state index in [9.17, 15) is 0 Å². The first-order valence-electron chi connectivity index (χ1n) is 10.1. The molecule has 1 fully saturated rings. The summed E-state index contributed by atoms with van der Waals surface area (Å²) in [4.78, 5) is 14.5. The fourth-order valence-corrected chi connectivity index (χ4v) is 4.21. The van der Waals surface area contributed by atoms with Crippen molar-refractivity contribution >= 4 is 34.1 Å². The number of piperidine rings is 1. The number of rotatable bonds is 4. The number of nitriles is 1. The molecule has 0 spiro atoms. The van der Waals surface area contributed by atoms with Crippen molar-refractivity contribution in [2.24, 2.45) is 7.05 Å². The van der Waals surface area contributed by atoms with E-state index in [1.54, 1.807) is 17.1 Å². The molecule has 4 aromatic heterocycles. The third-order valence-corrected chi connectivity index (χ3v) is 5.96. The van der Waals surface area contributed by atoms with Crippen LogP contribution in [0.1, 0.15) is 18.4 Å². The number of nitrogens with one attached hydrogen (secondary N) is 2. The molecule has 0 aromatic carbocycles. The van der Waals surface area contributed by atoms with Crippen LogP contribution >= 0.6 is 11.6 Å². The summed E-state index contributed by atoms with van der Waals surface area (Å²) in [5.41, 5.74) is 4.25. The van der Waals surface area contributed by atoms with Gasteiger partial charge in [-0.25, -0.2) is 9.97 Å². The molecular formula is C22H21ClN8. The van der Waals surface area contributed by atoms with Crippen molar-refractivity contribution in [1.82, 2.24) is 24.7 Å². The Morgan fingerprint density at radius 3 is 2.71 bits per heavy atom. The number of hydrogen-bond acceptors (Lipinski definition) is 6. The normalized spacial score (nSPS) is 14.7. The molecule has 1 aliphatic rings. The monoisotopic (exact) mass is 432 g/mol. The minimum absolute atomic E-state index is 0.300. The van der Waals surface area contributed by atoms with Crippen molar-refractivity contribution < 1.29 is 0 Å². The number of aromatic nitrogens is 5. The average molecular weight is 433 g/mol. The second kappa shape index (κ2) is 7.93. The van der Waals surface area contributed by atoms with Gasteiger partial charge in [-0.1, -0.05) is 11.6 Å². The highest BCUT2D eigenvalue weighted by Crippen LogP contribution is 2.34. The largest absolute Gasteiger partial charge is 0.380 e. The van der Waals surface area contributed by atoms with Crippen molar-refractivity contribution in [3.8, 4) is 17.3 Å². The van der Waals surface area contributed by atoms with Gasteiger partial charge in [-0.15, -0.1) is 0 Å². The van der Waals surface area contributed by atoms with E-state index >= 15 is 0 Å². The smallest absolute Gasteiger partial charge is 0.139 e. The molecule has 1 saturated heterocycles. The maximum atomic E-state index is 8.95. The summed E-state index contributed by atoms with van der Waals surface area (Å²) in [6, 6.07) is 8.21. The predicted octanol–water partition coefficient (Wildman–Crippen LogP) is 3.96. The van der Waals surface area contributed by atoms with Crippen molar-refractivity contribution in [1.29, 1.82) is 5.26 Å². The Bertz CT molecular complexity index is 1260. The van der Waals surface area contributed by atoms with Crippen LogP contribution in [0.25, 0.3) is 22.3 Å². The van der Waals surface area contributed by atoms with Gasteiger partial charge >= 0.3 is 0 Å². The van der Waals surface area contributed by atoms with Crippen LogP contribution in [0.4, 0.5) is 11.5 Å². The topological polar surface area (TPSA) is 98.5 Å². The minimum Gasteiger partial charge on any atom is -0.380 e. The van der Waals surface area contributed by atoms with E-state index in [4.69, 9.17) is 16.9 Å². The standard InChI is InChI=1S/C22H21ClN8/c1-30-13-15(11-27-30)19-8-17-21(18(23)12-26-22(17)29-19)28-16-4-6-31(7-5-16)20-3-2-14(9-24)10-25-20/h2-3,8,10-13,16H,4-7H2,1H3,(H2,26,28,29). The van der Waals surface area contributed by atoms with E-state index < -0.39 is 0 Å². The van der Waals surface area contributed by atoms with Crippen molar-refractivity contribution in [2.75, 3.05) is 23.3 Å². The maximum Gasteiger partial charge on any atom is 0.139 e. The lowest BCUT2D eigenvalue weighted by atomic mass is 10.0. The third-order valence-electron chi connectivity index (χ3n) is 5.67. The first-order valence-corrected chi connectivity index (χ1v) is 10.5. The fourth-order valence-electron chi connectivity index (χ4n) is 4.01. The lowest BCUT2D eigenvalue weighted by Gasteiger charge is -2.33. The summed E-state index contributed by atoms with van der Waals surface area (Å²) in [7, 11) is 1.90. The van der Waals surface area contributed by atoms with Gasteiger partial charge in [-0.05, 0) is 31.0 Å². The summed E-state index contributed by atoms with van der Waals surface area (Å²) in [5, 5.41) is 18.4. The van der Waals surface area contributed by atoms with Gasteiger partial charge in [-0.2, -0.15) is 10.4 Å². The molecule has 156 valence electrons. The van der Waals surface area contributed by atoms with E-state index in [1.165, 1.54) is 0 Å². The Hall–Kier alpha value is -3.57. The lowest BCUT2D eigenvalue weighted by Crippen LogP contribution is -2.39. The molecule has 0 bridgehead atoms. The SMILES string of the molecule is Cn1cc(-c2cc3c(NC4CCN(c5ccc(C#N)cn5)CC4)c(Cl)cnc3[nH]2)cn1. The Balaban J connectivity index is 1.33. The molecule has 0 unspecified atom stereocenters. The Morgan fingerprint density at radius 2 is 2.03 bits per heavy atom. The molecule has 1 aliphatic heterocycles.